The Kier molecular flexibility index (Phi) is 7.27. The third-order valence-corrected chi connectivity index (χ3v) is 8.50. The summed E-state index contributed by atoms with van der Waals surface area (Å²) in [7, 11) is -3.59. The van der Waals surface area contributed by atoms with Gasteiger partial charge in [-0.3, -0.25) is 9.59 Å². The number of carbonyl (C=O) groups excluding carboxylic acids is 2. The van der Waals surface area contributed by atoms with E-state index < -0.39 is 15.9 Å². The number of rotatable bonds is 7. The maximum atomic E-state index is 12.9. The van der Waals surface area contributed by atoms with Gasteiger partial charge >= 0.3 is 0 Å². The lowest BCUT2D eigenvalue weighted by Crippen LogP contribution is -2.43. The number of sulfonamides is 1. The van der Waals surface area contributed by atoms with E-state index in [0.717, 1.165) is 6.42 Å². The Bertz CT molecular complexity index is 989. The molecular weight excluding hydrogens is 422 g/mol. The van der Waals surface area contributed by atoms with Crippen LogP contribution in [0.2, 0.25) is 0 Å². The van der Waals surface area contributed by atoms with Gasteiger partial charge in [-0.15, -0.1) is 11.3 Å². The van der Waals surface area contributed by atoms with Crippen LogP contribution in [0.1, 0.15) is 43.5 Å². The summed E-state index contributed by atoms with van der Waals surface area (Å²) < 4.78 is 27.3. The summed E-state index contributed by atoms with van der Waals surface area (Å²) in [4.78, 5) is 25.5. The summed E-state index contributed by atoms with van der Waals surface area (Å²) in [6, 6.07) is 10.2. The standard InChI is InChI=1S/C21H27N3O4S2/c1-3-15(2)22-21(26)17-9-4-5-10-18(17)23-20(25)16-8-6-12-24(14-16)30(27,28)19-11-7-13-29-19/h4-5,7,9-11,13,15-16H,3,6,8,12,14H2,1-2H3,(H,22,26)(H,23,25)/t15-,16-/m0/s1. The molecule has 9 heteroatoms. The van der Waals surface area contributed by atoms with E-state index in [1.165, 1.54) is 15.6 Å². The average molecular weight is 450 g/mol. The first-order valence-corrected chi connectivity index (χ1v) is 12.4. The fourth-order valence-electron chi connectivity index (χ4n) is 3.34. The molecule has 0 spiro atoms. The van der Waals surface area contributed by atoms with Gasteiger partial charge in [0.15, 0.2) is 0 Å². The molecule has 2 atom stereocenters. The maximum Gasteiger partial charge on any atom is 0.253 e. The van der Waals surface area contributed by atoms with Crippen molar-refractivity contribution in [2.24, 2.45) is 5.92 Å². The Hall–Kier alpha value is -2.23. The molecular formula is C21H27N3O4S2. The molecule has 2 N–H and O–H groups in total. The first-order valence-electron chi connectivity index (χ1n) is 10.1. The van der Waals surface area contributed by atoms with Gasteiger partial charge in [0.2, 0.25) is 5.91 Å². The highest BCUT2D eigenvalue weighted by Gasteiger charge is 2.34. The molecule has 0 unspecified atom stereocenters. The minimum absolute atomic E-state index is 0.0237. The second-order valence-electron chi connectivity index (χ2n) is 7.45. The first-order chi connectivity index (χ1) is 14.3. The van der Waals surface area contributed by atoms with E-state index >= 15 is 0 Å². The minimum atomic E-state index is -3.59. The Morgan fingerprint density at radius 2 is 2.00 bits per heavy atom. The van der Waals surface area contributed by atoms with Crippen LogP contribution in [0.25, 0.3) is 0 Å². The highest BCUT2D eigenvalue weighted by Crippen LogP contribution is 2.27. The zero-order chi connectivity index (χ0) is 21.7. The van der Waals surface area contributed by atoms with Crippen LogP contribution in [0.15, 0.2) is 46.0 Å². The summed E-state index contributed by atoms with van der Waals surface area (Å²) in [5.41, 5.74) is 0.826. The van der Waals surface area contributed by atoms with Gasteiger partial charge in [0, 0.05) is 19.1 Å². The number of amides is 2. The van der Waals surface area contributed by atoms with Gasteiger partial charge < -0.3 is 10.6 Å². The molecule has 162 valence electrons. The van der Waals surface area contributed by atoms with E-state index in [-0.39, 0.29) is 28.6 Å². The smallest absolute Gasteiger partial charge is 0.253 e. The van der Waals surface area contributed by atoms with Crippen LogP contribution in [0, 0.1) is 5.92 Å². The van der Waals surface area contributed by atoms with Crippen LogP contribution in [0.4, 0.5) is 5.69 Å². The molecule has 2 heterocycles. The van der Waals surface area contributed by atoms with Crippen molar-refractivity contribution in [1.82, 2.24) is 9.62 Å². The fraction of sp³-hybridized carbons (Fsp3) is 0.429. The number of hydrogen-bond acceptors (Lipinski definition) is 5. The monoisotopic (exact) mass is 449 g/mol. The number of hydrogen-bond donors (Lipinski definition) is 2. The predicted molar refractivity (Wildman–Crippen MR) is 118 cm³/mol. The summed E-state index contributed by atoms with van der Waals surface area (Å²) in [6.07, 6.45) is 2.01. The zero-order valence-corrected chi connectivity index (χ0v) is 18.8. The molecule has 3 rings (SSSR count). The second-order valence-corrected chi connectivity index (χ2v) is 10.6. The van der Waals surface area contributed by atoms with E-state index in [0.29, 0.717) is 30.6 Å². The van der Waals surface area contributed by atoms with Crippen molar-refractivity contribution in [2.45, 2.75) is 43.4 Å². The molecule has 7 nitrogen and oxygen atoms in total. The Labute approximate surface area is 181 Å². The van der Waals surface area contributed by atoms with Gasteiger partial charge in [0.05, 0.1) is 17.2 Å². The van der Waals surface area contributed by atoms with Crippen LogP contribution in [-0.4, -0.2) is 43.7 Å². The number of nitrogens with one attached hydrogen (secondary N) is 2. The van der Waals surface area contributed by atoms with Gasteiger partial charge in [0.1, 0.15) is 4.21 Å². The highest BCUT2D eigenvalue weighted by atomic mass is 32.2. The number of anilines is 1. The van der Waals surface area contributed by atoms with Crippen LogP contribution < -0.4 is 10.6 Å². The molecule has 1 aliphatic heterocycles. The normalized spacial score (nSPS) is 18.5. The van der Waals surface area contributed by atoms with Gasteiger partial charge in [-0.05, 0) is 49.8 Å². The predicted octanol–water partition coefficient (Wildman–Crippen LogP) is 3.32. The lowest BCUT2D eigenvalue weighted by Gasteiger charge is -2.31. The number of para-hydroxylation sites is 1. The zero-order valence-electron chi connectivity index (χ0n) is 17.1. The summed E-state index contributed by atoms with van der Waals surface area (Å²) in [6.45, 7) is 4.44. The maximum absolute atomic E-state index is 12.9. The van der Waals surface area contributed by atoms with Crippen molar-refractivity contribution in [2.75, 3.05) is 18.4 Å². The van der Waals surface area contributed by atoms with Crippen LogP contribution in [0.5, 0.6) is 0 Å². The topological polar surface area (TPSA) is 95.6 Å². The minimum Gasteiger partial charge on any atom is -0.350 e. The molecule has 2 aromatic rings. The lowest BCUT2D eigenvalue weighted by molar-refractivity contribution is -0.120. The van der Waals surface area contributed by atoms with Crippen molar-refractivity contribution in [3.8, 4) is 0 Å². The van der Waals surface area contributed by atoms with E-state index in [9.17, 15) is 18.0 Å². The third kappa shape index (κ3) is 5.08. The number of piperidine rings is 1. The lowest BCUT2D eigenvalue weighted by atomic mass is 9.98. The number of thiophene rings is 1. The molecule has 0 saturated carbocycles. The van der Waals surface area contributed by atoms with Crippen molar-refractivity contribution >= 4 is 38.9 Å². The molecule has 1 aromatic heterocycles. The summed E-state index contributed by atoms with van der Waals surface area (Å²) in [5, 5.41) is 7.47. The fourth-order valence-corrected chi connectivity index (χ4v) is 6.01. The average Bonchev–Trinajstić information content (AvgIpc) is 3.30. The van der Waals surface area contributed by atoms with Crippen molar-refractivity contribution in [3.05, 3.63) is 47.3 Å². The van der Waals surface area contributed by atoms with E-state index in [1.54, 1.807) is 41.8 Å². The molecule has 1 saturated heterocycles. The van der Waals surface area contributed by atoms with Gasteiger partial charge in [-0.2, -0.15) is 4.31 Å². The molecule has 1 fully saturated rings. The van der Waals surface area contributed by atoms with Crippen molar-refractivity contribution in [1.29, 1.82) is 0 Å². The van der Waals surface area contributed by atoms with Crippen molar-refractivity contribution in [3.63, 3.8) is 0 Å². The second kappa shape index (κ2) is 9.72. The quantitative estimate of drug-likeness (QED) is 0.678. The molecule has 0 bridgehead atoms. The highest BCUT2D eigenvalue weighted by molar-refractivity contribution is 7.91. The molecule has 1 aliphatic rings. The van der Waals surface area contributed by atoms with E-state index in [1.807, 2.05) is 13.8 Å². The summed E-state index contributed by atoms with van der Waals surface area (Å²) in [5.74, 6) is -0.991. The van der Waals surface area contributed by atoms with Crippen LogP contribution in [0.3, 0.4) is 0 Å². The largest absolute Gasteiger partial charge is 0.350 e. The molecule has 0 radical (unpaired) electrons. The molecule has 30 heavy (non-hydrogen) atoms. The number of benzene rings is 1. The van der Waals surface area contributed by atoms with Crippen LogP contribution in [-0.2, 0) is 14.8 Å². The Morgan fingerprint density at radius 3 is 2.70 bits per heavy atom. The first kappa shape index (κ1) is 22.5. The van der Waals surface area contributed by atoms with E-state index in [2.05, 4.69) is 10.6 Å². The third-order valence-electron chi connectivity index (χ3n) is 5.26. The van der Waals surface area contributed by atoms with Gasteiger partial charge in [0.25, 0.3) is 15.9 Å². The summed E-state index contributed by atoms with van der Waals surface area (Å²) >= 11 is 1.17. The molecule has 2 amide bonds. The van der Waals surface area contributed by atoms with Crippen LogP contribution >= 0.6 is 11.3 Å². The van der Waals surface area contributed by atoms with E-state index in [4.69, 9.17) is 0 Å². The molecule has 1 aromatic carbocycles. The Morgan fingerprint density at radius 1 is 1.23 bits per heavy atom. The Balaban J connectivity index is 1.71. The SMILES string of the molecule is CC[C@H](C)NC(=O)c1ccccc1NC(=O)[C@H]1CCCN(S(=O)(=O)c2cccs2)C1. The number of carbonyl (C=O) groups is 2. The molecule has 0 aliphatic carbocycles. The number of nitrogens with zero attached hydrogens (tertiary/aromatic N) is 1. The van der Waals surface area contributed by atoms with Crippen molar-refractivity contribution < 1.29 is 18.0 Å². The van der Waals surface area contributed by atoms with Gasteiger partial charge in [-0.25, -0.2) is 8.42 Å². The van der Waals surface area contributed by atoms with Gasteiger partial charge in [-0.1, -0.05) is 25.1 Å².